The fraction of sp³-hybridized carbons (Fsp3) is 0. The summed E-state index contributed by atoms with van der Waals surface area (Å²) in [5.41, 5.74) is 1.68. The molecule has 3 aromatic rings. The second-order valence-electron chi connectivity index (χ2n) is 4.09. The molecule has 1 aromatic carbocycles. The maximum absolute atomic E-state index is 12.0. The molecule has 98 valence electrons. The average molecular weight is 268 g/mol. The molecule has 3 rings (SSSR count). The summed E-state index contributed by atoms with van der Waals surface area (Å²) in [4.78, 5) is 27.6. The fourth-order valence-corrected chi connectivity index (χ4v) is 1.98. The van der Waals surface area contributed by atoms with E-state index in [1.807, 2.05) is 0 Å². The van der Waals surface area contributed by atoms with Gasteiger partial charge in [0.1, 0.15) is 5.52 Å². The average Bonchev–Trinajstić information content (AvgIpc) is 2.95. The molecule has 0 fully saturated rings. The van der Waals surface area contributed by atoms with Gasteiger partial charge in [0.05, 0.1) is 11.3 Å². The largest absolute Gasteiger partial charge is 0.540 e. The van der Waals surface area contributed by atoms with Gasteiger partial charge in [-0.05, 0) is 18.2 Å². The summed E-state index contributed by atoms with van der Waals surface area (Å²) in [5.74, 6) is -0.508. The van der Waals surface area contributed by atoms with E-state index in [0.717, 1.165) is 0 Å². The molecule has 0 spiro atoms. The number of hydrogen-bond donors (Lipinski definition) is 0. The summed E-state index contributed by atoms with van der Waals surface area (Å²) in [7, 11) is 1.29. The molecular weight excluding hydrogens is 259 g/mol. The normalized spacial score (nSPS) is 10.6. The summed E-state index contributed by atoms with van der Waals surface area (Å²) >= 11 is 0. The highest BCUT2D eigenvalue weighted by Crippen LogP contribution is 2.19. The number of hydrogen-bond acceptors (Lipinski definition) is 5. The van der Waals surface area contributed by atoms with Crippen LogP contribution in [0.15, 0.2) is 52.1 Å². The lowest BCUT2D eigenvalue weighted by Crippen LogP contribution is -2.19. The van der Waals surface area contributed by atoms with Gasteiger partial charge in [-0.25, -0.2) is 9.78 Å². The SMILES string of the molecule is BOC(=O)c1ccc(=O)n(-c2cccc3ocnc23)c1. The molecule has 0 saturated heterocycles. The van der Waals surface area contributed by atoms with E-state index in [-0.39, 0.29) is 11.1 Å². The van der Waals surface area contributed by atoms with E-state index in [4.69, 9.17) is 4.42 Å². The van der Waals surface area contributed by atoms with Crippen LogP contribution in [0.4, 0.5) is 0 Å². The summed E-state index contributed by atoms with van der Waals surface area (Å²) in [6.45, 7) is 0. The third kappa shape index (κ3) is 1.89. The number of carbonyl (C=O) groups is 1. The second-order valence-corrected chi connectivity index (χ2v) is 4.09. The van der Waals surface area contributed by atoms with E-state index < -0.39 is 5.97 Å². The maximum Gasteiger partial charge on any atom is 0.326 e. The zero-order valence-electron chi connectivity index (χ0n) is 10.6. The zero-order chi connectivity index (χ0) is 14.1. The Morgan fingerprint density at radius 3 is 2.95 bits per heavy atom. The minimum absolute atomic E-state index is 0.270. The Labute approximate surface area is 114 Å². The number of nitrogens with zero attached hydrogens (tertiary/aromatic N) is 2. The Bertz CT molecular complexity index is 853. The summed E-state index contributed by atoms with van der Waals surface area (Å²) in [6.07, 6.45) is 2.74. The molecule has 2 heterocycles. The van der Waals surface area contributed by atoms with Crippen LogP contribution in [0, 0.1) is 0 Å². The van der Waals surface area contributed by atoms with Crippen molar-refractivity contribution in [3.05, 3.63) is 58.8 Å². The maximum atomic E-state index is 12.0. The van der Waals surface area contributed by atoms with Gasteiger partial charge in [-0.15, -0.1) is 0 Å². The number of rotatable bonds is 2. The molecule has 7 heteroatoms. The van der Waals surface area contributed by atoms with E-state index in [1.165, 1.54) is 37.3 Å². The first-order valence-electron chi connectivity index (χ1n) is 5.84. The van der Waals surface area contributed by atoms with Gasteiger partial charge in [0, 0.05) is 12.3 Å². The van der Waals surface area contributed by atoms with Gasteiger partial charge in [0.2, 0.25) is 0 Å². The highest BCUT2D eigenvalue weighted by molar-refractivity contribution is 6.09. The van der Waals surface area contributed by atoms with Crippen molar-refractivity contribution in [1.82, 2.24) is 9.55 Å². The molecule has 6 nitrogen and oxygen atoms in total. The Hall–Kier alpha value is -2.83. The van der Waals surface area contributed by atoms with Gasteiger partial charge >= 0.3 is 14.0 Å². The number of fused-ring (bicyclic) bond motifs is 1. The molecule has 20 heavy (non-hydrogen) atoms. The van der Waals surface area contributed by atoms with Crippen molar-refractivity contribution >= 4 is 25.1 Å². The van der Waals surface area contributed by atoms with Crippen molar-refractivity contribution < 1.29 is 13.9 Å². The monoisotopic (exact) mass is 268 g/mol. The predicted molar refractivity (Wildman–Crippen MR) is 73.6 cm³/mol. The van der Waals surface area contributed by atoms with E-state index >= 15 is 0 Å². The number of benzene rings is 1. The van der Waals surface area contributed by atoms with Gasteiger partial charge in [0.25, 0.3) is 5.56 Å². The number of aromatic nitrogens is 2. The van der Waals surface area contributed by atoms with E-state index in [9.17, 15) is 9.59 Å². The quantitative estimate of drug-likeness (QED) is 0.639. The molecule has 0 aliphatic carbocycles. The van der Waals surface area contributed by atoms with Gasteiger partial charge in [-0.2, -0.15) is 0 Å². The first-order valence-corrected chi connectivity index (χ1v) is 5.84. The zero-order valence-corrected chi connectivity index (χ0v) is 10.6. The van der Waals surface area contributed by atoms with Crippen LogP contribution in [0.2, 0.25) is 0 Å². The molecule has 2 aromatic heterocycles. The highest BCUT2D eigenvalue weighted by atomic mass is 16.5. The molecule has 0 atom stereocenters. The summed E-state index contributed by atoms with van der Waals surface area (Å²) in [6, 6.07) is 7.97. The lowest BCUT2D eigenvalue weighted by molar-refractivity contribution is 0.0749. The third-order valence-electron chi connectivity index (χ3n) is 2.93. The molecule has 0 aliphatic heterocycles. The summed E-state index contributed by atoms with van der Waals surface area (Å²) < 4.78 is 11.2. The van der Waals surface area contributed by atoms with Crippen LogP contribution in [0.25, 0.3) is 16.8 Å². The number of pyridine rings is 1. The number of para-hydroxylation sites is 1. The Morgan fingerprint density at radius 2 is 2.15 bits per heavy atom. The smallest absolute Gasteiger partial charge is 0.326 e. The molecular formula is C13H9BN2O4. The van der Waals surface area contributed by atoms with Crippen molar-refractivity contribution in [3.63, 3.8) is 0 Å². The van der Waals surface area contributed by atoms with E-state index in [2.05, 4.69) is 9.64 Å². The van der Waals surface area contributed by atoms with Crippen LogP contribution in [0.1, 0.15) is 10.4 Å². The minimum atomic E-state index is -0.508. The van der Waals surface area contributed by atoms with Gasteiger partial charge in [-0.1, -0.05) is 6.07 Å². The number of oxazole rings is 1. The molecule has 0 amide bonds. The van der Waals surface area contributed by atoms with Crippen LogP contribution in [0.5, 0.6) is 0 Å². The predicted octanol–water partition coefficient (Wildman–Crippen LogP) is 0.684. The Balaban J connectivity index is 2.26. The van der Waals surface area contributed by atoms with Crippen LogP contribution in [-0.4, -0.2) is 23.6 Å². The van der Waals surface area contributed by atoms with Crippen molar-refractivity contribution in [2.45, 2.75) is 0 Å². The van der Waals surface area contributed by atoms with Crippen LogP contribution < -0.4 is 5.56 Å². The minimum Gasteiger partial charge on any atom is -0.540 e. The lowest BCUT2D eigenvalue weighted by atomic mass is 10.2. The third-order valence-corrected chi connectivity index (χ3v) is 2.93. The van der Waals surface area contributed by atoms with Crippen LogP contribution in [-0.2, 0) is 4.65 Å². The fourth-order valence-electron chi connectivity index (χ4n) is 1.98. The topological polar surface area (TPSA) is 74.3 Å². The molecule has 0 unspecified atom stereocenters. The van der Waals surface area contributed by atoms with Crippen molar-refractivity contribution in [2.75, 3.05) is 0 Å². The van der Waals surface area contributed by atoms with E-state index in [1.54, 1.807) is 18.2 Å². The van der Waals surface area contributed by atoms with Gasteiger partial charge in [0.15, 0.2) is 12.0 Å². The first-order chi connectivity index (χ1) is 9.70. The van der Waals surface area contributed by atoms with Gasteiger partial charge in [-0.3, -0.25) is 9.36 Å². The Morgan fingerprint density at radius 1 is 1.30 bits per heavy atom. The summed E-state index contributed by atoms with van der Waals surface area (Å²) in [5, 5.41) is 0. The standard InChI is InChI=1S/C13H9BN2O4/c14-20-13(18)8-4-5-11(17)16(6-8)9-2-1-3-10-12(9)15-7-19-10/h1-7H,14H2. The Kier molecular flexibility index (Phi) is 2.87. The van der Waals surface area contributed by atoms with Crippen LogP contribution >= 0.6 is 0 Å². The molecule has 0 aliphatic rings. The lowest BCUT2D eigenvalue weighted by Gasteiger charge is -2.07. The van der Waals surface area contributed by atoms with E-state index in [0.29, 0.717) is 16.8 Å². The second kappa shape index (κ2) is 4.69. The van der Waals surface area contributed by atoms with Crippen molar-refractivity contribution in [2.24, 2.45) is 0 Å². The van der Waals surface area contributed by atoms with Crippen LogP contribution in [0.3, 0.4) is 0 Å². The molecule has 0 radical (unpaired) electrons. The first kappa shape index (κ1) is 12.2. The molecule has 0 bridgehead atoms. The molecule has 0 saturated carbocycles. The highest BCUT2D eigenvalue weighted by Gasteiger charge is 2.11. The number of carbonyl (C=O) groups excluding carboxylic acids is 1. The molecule has 0 N–H and O–H groups in total. The van der Waals surface area contributed by atoms with Gasteiger partial charge < -0.3 is 9.07 Å². The van der Waals surface area contributed by atoms with Crippen molar-refractivity contribution in [1.29, 1.82) is 0 Å². The van der Waals surface area contributed by atoms with Crippen molar-refractivity contribution in [3.8, 4) is 5.69 Å².